The van der Waals surface area contributed by atoms with Crippen molar-refractivity contribution in [3.8, 4) is 6.07 Å². The zero-order valence-corrected chi connectivity index (χ0v) is 6.88. The maximum Gasteiger partial charge on any atom is 0.0665 e. The summed E-state index contributed by atoms with van der Waals surface area (Å²) in [5, 5.41) is 8.76. The van der Waals surface area contributed by atoms with E-state index in [4.69, 9.17) is 5.26 Å². The van der Waals surface area contributed by atoms with E-state index in [1.807, 2.05) is 6.08 Å². The highest BCUT2D eigenvalue weighted by atomic mass is 14.3. The van der Waals surface area contributed by atoms with Crippen molar-refractivity contribution in [3.05, 3.63) is 24.3 Å². The van der Waals surface area contributed by atoms with E-state index in [2.05, 4.69) is 25.6 Å². The Labute approximate surface area is 68.0 Å². The van der Waals surface area contributed by atoms with E-state index < -0.39 is 0 Å². The van der Waals surface area contributed by atoms with Crippen molar-refractivity contribution in [2.24, 2.45) is 11.8 Å². The molecule has 0 saturated heterocycles. The molecule has 0 unspecified atom stereocenters. The number of nitriles is 1. The number of hydrogen-bond acceptors (Lipinski definition) is 1. The summed E-state index contributed by atoms with van der Waals surface area (Å²) in [4.78, 5) is 0. The van der Waals surface area contributed by atoms with Gasteiger partial charge in [-0.05, 0) is 25.7 Å². The zero-order valence-electron chi connectivity index (χ0n) is 6.88. The third kappa shape index (κ3) is 1.51. The van der Waals surface area contributed by atoms with Crippen molar-refractivity contribution < 1.29 is 0 Å². The van der Waals surface area contributed by atoms with Crippen LogP contribution in [0, 0.1) is 23.2 Å². The molecule has 1 aliphatic rings. The summed E-state index contributed by atoms with van der Waals surface area (Å²) in [6.07, 6.45) is 5.95. The maximum atomic E-state index is 8.76. The standard InChI is InChI=1S/C10H13N/c1-3-4-10-8(2)5-6-9(10)7-11/h3,5,9-10H,1,4,6H2,2H3/t9-,10+/m0/s1. The van der Waals surface area contributed by atoms with Gasteiger partial charge in [-0.2, -0.15) is 5.26 Å². The summed E-state index contributed by atoms with van der Waals surface area (Å²) >= 11 is 0. The monoisotopic (exact) mass is 147 g/mol. The molecule has 0 aromatic carbocycles. The molecule has 1 heteroatoms. The van der Waals surface area contributed by atoms with Crippen molar-refractivity contribution >= 4 is 0 Å². The van der Waals surface area contributed by atoms with Gasteiger partial charge in [-0.3, -0.25) is 0 Å². The van der Waals surface area contributed by atoms with Crippen LogP contribution in [0.2, 0.25) is 0 Å². The topological polar surface area (TPSA) is 23.8 Å². The van der Waals surface area contributed by atoms with Gasteiger partial charge in [0, 0.05) is 0 Å². The van der Waals surface area contributed by atoms with Gasteiger partial charge in [-0.25, -0.2) is 0 Å². The minimum Gasteiger partial charge on any atom is -0.198 e. The lowest BCUT2D eigenvalue weighted by atomic mass is 9.90. The van der Waals surface area contributed by atoms with Crippen LogP contribution in [-0.4, -0.2) is 0 Å². The van der Waals surface area contributed by atoms with Crippen LogP contribution in [0.1, 0.15) is 19.8 Å². The lowest BCUT2D eigenvalue weighted by Gasteiger charge is -2.12. The van der Waals surface area contributed by atoms with Gasteiger partial charge in [0.05, 0.1) is 12.0 Å². The second kappa shape index (κ2) is 3.39. The molecule has 1 rings (SSSR count). The van der Waals surface area contributed by atoms with Crippen LogP contribution in [0.25, 0.3) is 0 Å². The molecule has 0 aromatic heterocycles. The van der Waals surface area contributed by atoms with Crippen LogP contribution >= 0.6 is 0 Å². The predicted octanol–water partition coefficient (Wildman–Crippen LogP) is 2.67. The Hall–Kier alpha value is -1.03. The third-order valence-electron chi connectivity index (χ3n) is 2.35. The smallest absolute Gasteiger partial charge is 0.0665 e. The minimum atomic E-state index is 0.202. The Bertz CT molecular complexity index is 220. The molecule has 2 atom stereocenters. The quantitative estimate of drug-likeness (QED) is 0.551. The number of nitrogens with zero attached hydrogens (tertiary/aromatic N) is 1. The van der Waals surface area contributed by atoms with E-state index in [9.17, 15) is 0 Å². The highest BCUT2D eigenvalue weighted by Gasteiger charge is 2.25. The Morgan fingerprint density at radius 3 is 3.18 bits per heavy atom. The summed E-state index contributed by atoms with van der Waals surface area (Å²) < 4.78 is 0. The van der Waals surface area contributed by atoms with Crippen LogP contribution in [0.3, 0.4) is 0 Å². The first-order chi connectivity index (χ1) is 5.29. The summed E-state index contributed by atoms with van der Waals surface area (Å²) in [6, 6.07) is 2.33. The summed E-state index contributed by atoms with van der Waals surface area (Å²) in [7, 11) is 0. The number of hydrogen-bond donors (Lipinski definition) is 0. The van der Waals surface area contributed by atoms with Gasteiger partial charge in [0.1, 0.15) is 0 Å². The van der Waals surface area contributed by atoms with Crippen molar-refractivity contribution in [2.45, 2.75) is 19.8 Å². The molecule has 0 spiro atoms. The summed E-state index contributed by atoms with van der Waals surface area (Å²) in [5.74, 6) is 0.644. The van der Waals surface area contributed by atoms with E-state index in [1.165, 1.54) is 5.57 Å². The molecule has 11 heavy (non-hydrogen) atoms. The molecule has 0 fully saturated rings. The predicted molar refractivity (Wildman–Crippen MR) is 45.8 cm³/mol. The molecule has 0 aliphatic heterocycles. The first-order valence-electron chi connectivity index (χ1n) is 3.96. The minimum absolute atomic E-state index is 0.202. The first kappa shape index (κ1) is 8.07. The Morgan fingerprint density at radius 2 is 2.64 bits per heavy atom. The highest BCUT2D eigenvalue weighted by Crippen LogP contribution is 2.33. The molecule has 0 heterocycles. The Morgan fingerprint density at radius 1 is 1.91 bits per heavy atom. The van der Waals surface area contributed by atoms with Crippen LogP contribution < -0.4 is 0 Å². The van der Waals surface area contributed by atoms with Gasteiger partial charge < -0.3 is 0 Å². The summed E-state index contributed by atoms with van der Waals surface area (Å²) in [5.41, 5.74) is 1.36. The Kier molecular flexibility index (Phi) is 2.48. The largest absolute Gasteiger partial charge is 0.198 e. The molecule has 0 aromatic rings. The van der Waals surface area contributed by atoms with E-state index >= 15 is 0 Å². The van der Waals surface area contributed by atoms with Crippen molar-refractivity contribution in [1.29, 1.82) is 5.26 Å². The average molecular weight is 147 g/mol. The summed E-state index contributed by atoms with van der Waals surface area (Å²) in [6.45, 7) is 5.79. The van der Waals surface area contributed by atoms with E-state index in [1.54, 1.807) is 0 Å². The molecule has 1 nitrogen and oxygen atoms in total. The maximum absolute atomic E-state index is 8.76. The number of allylic oxidation sites excluding steroid dienone is 3. The second-order valence-electron chi connectivity index (χ2n) is 3.05. The molecule has 58 valence electrons. The van der Waals surface area contributed by atoms with Gasteiger partial charge in [-0.15, -0.1) is 6.58 Å². The molecule has 0 bridgehead atoms. The van der Waals surface area contributed by atoms with Crippen molar-refractivity contribution in [2.75, 3.05) is 0 Å². The molecular formula is C10H13N. The van der Waals surface area contributed by atoms with Gasteiger partial charge in [0.15, 0.2) is 0 Å². The fraction of sp³-hybridized carbons (Fsp3) is 0.500. The van der Waals surface area contributed by atoms with Crippen LogP contribution in [0.4, 0.5) is 0 Å². The Balaban J connectivity index is 2.65. The van der Waals surface area contributed by atoms with Crippen LogP contribution in [-0.2, 0) is 0 Å². The second-order valence-corrected chi connectivity index (χ2v) is 3.05. The van der Waals surface area contributed by atoms with Crippen molar-refractivity contribution in [1.82, 2.24) is 0 Å². The fourth-order valence-electron chi connectivity index (χ4n) is 1.62. The van der Waals surface area contributed by atoms with E-state index in [-0.39, 0.29) is 5.92 Å². The molecular weight excluding hydrogens is 134 g/mol. The molecule has 0 amide bonds. The SMILES string of the molecule is C=CC[C@@H]1C(C)=CC[C@H]1C#N. The van der Waals surface area contributed by atoms with Crippen LogP contribution in [0.5, 0.6) is 0 Å². The lowest BCUT2D eigenvalue weighted by molar-refractivity contribution is 0.507. The molecule has 0 saturated carbocycles. The van der Waals surface area contributed by atoms with Gasteiger partial charge in [0.2, 0.25) is 0 Å². The highest BCUT2D eigenvalue weighted by molar-refractivity contribution is 5.18. The van der Waals surface area contributed by atoms with E-state index in [0.717, 1.165) is 12.8 Å². The van der Waals surface area contributed by atoms with Gasteiger partial charge in [0.25, 0.3) is 0 Å². The molecule has 0 radical (unpaired) electrons. The normalized spacial score (nSPS) is 29.3. The fourth-order valence-corrected chi connectivity index (χ4v) is 1.62. The van der Waals surface area contributed by atoms with Gasteiger partial charge in [-0.1, -0.05) is 17.7 Å². The third-order valence-corrected chi connectivity index (χ3v) is 2.35. The van der Waals surface area contributed by atoms with Crippen LogP contribution in [0.15, 0.2) is 24.3 Å². The number of rotatable bonds is 2. The first-order valence-corrected chi connectivity index (χ1v) is 3.96. The lowest BCUT2D eigenvalue weighted by Crippen LogP contribution is -2.07. The van der Waals surface area contributed by atoms with E-state index in [0.29, 0.717) is 5.92 Å². The molecule has 1 aliphatic carbocycles. The molecule has 0 N–H and O–H groups in total. The van der Waals surface area contributed by atoms with Crippen molar-refractivity contribution in [3.63, 3.8) is 0 Å². The van der Waals surface area contributed by atoms with Gasteiger partial charge >= 0.3 is 0 Å². The average Bonchev–Trinajstić information content (AvgIpc) is 2.34. The zero-order chi connectivity index (χ0) is 8.27.